The van der Waals surface area contributed by atoms with Gasteiger partial charge >= 0.3 is 5.97 Å². The Bertz CT molecular complexity index is 550. The van der Waals surface area contributed by atoms with E-state index in [4.69, 9.17) is 0 Å². The summed E-state index contributed by atoms with van der Waals surface area (Å²) in [5, 5.41) is 2.53. The Kier molecular flexibility index (Phi) is 5.76. The Hall–Kier alpha value is -2.13. The highest BCUT2D eigenvalue weighted by molar-refractivity contribution is 7.15. The average Bonchev–Trinajstić information content (AvgIpc) is 2.82. The minimum absolute atomic E-state index is 0.154. The van der Waals surface area contributed by atoms with Gasteiger partial charge in [0.25, 0.3) is 5.78 Å². The maximum absolute atomic E-state index is 11.6. The van der Waals surface area contributed by atoms with Crippen molar-refractivity contribution in [1.29, 1.82) is 0 Å². The number of hydrogen-bond acceptors (Lipinski definition) is 5. The van der Waals surface area contributed by atoms with Gasteiger partial charge in [-0.05, 0) is 19.1 Å². The van der Waals surface area contributed by atoms with Crippen molar-refractivity contribution in [1.82, 2.24) is 5.32 Å². The second-order valence-electron chi connectivity index (χ2n) is 3.43. The smallest absolute Gasteiger partial charge is 0.380 e. The number of hydrogen-bond donors (Lipinski definition) is 1. The number of rotatable bonds is 4. The van der Waals surface area contributed by atoms with Gasteiger partial charge in [0.05, 0.1) is 22.9 Å². The topological polar surface area (TPSA) is 72.5 Å². The number of ether oxygens (including phenoxy) is 1. The molecule has 0 unspecified atom stereocenters. The molecular weight excluding hydrogens is 266 g/mol. The molecule has 1 rings (SSSR count). The van der Waals surface area contributed by atoms with Crippen LogP contribution in [0.1, 0.15) is 28.4 Å². The van der Waals surface area contributed by atoms with Gasteiger partial charge in [0.15, 0.2) is 0 Å². The number of ketones is 1. The Balaban J connectivity index is 2.64. The van der Waals surface area contributed by atoms with Crippen LogP contribution in [0.25, 0.3) is 0 Å². The molecule has 19 heavy (non-hydrogen) atoms. The van der Waals surface area contributed by atoms with E-state index < -0.39 is 11.8 Å². The Labute approximate surface area is 115 Å². The number of Topliss-reactive ketones (excluding diaryl/α,β-unsaturated/α-hetero) is 1. The lowest BCUT2D eigenvalue weighted by Crippen LogP contribution is -2.19. The van der Waals surface area contributed by atoms with Crippen LogP contribution in [0.4, 0.5) is 0 Å². The lowest BCUT2D eigenvalue weighted by Gasteiger charge is -1.97. The van der Waals surface area contributed by atoms with E-state index in [0.717, 1.165) is 11.3 Å². The zero-order valence-electron chi connectivity index (χ0n) is 10.6. The van der Waals surface area contributed by atoms with Crippen molar-refractivity contribution in [2.45, 2.75) is 13.8 Å². The van der Waals surface area contributed by atoms with Crippen LogP contribution in [0.2, 0.25) is 0 Å². The molecule has 0 spiro atoms. The molecule has 0 saturated heterocycles. The van der Waals surface area contributed by atoms with Gasteiger partial charge in [0.1, 0.15) is 0 Å². The molecule has 5 nitrogen and oxygen atoms in total. The Morgan fingerprint density at radius 2 is 2.11 bits per heavy atom. The van der Waals surface area contributed by atoms with E-state index in [0.29, 0.717) is 9.75 Å². The predicted octanol–water partition coefficient (Wildman–Crippen LogP) is 0.982. The molecule has 0 saturated carbocycles. The number of thiophene rings is 1. The summed E-state index contributed by atoms with van der Waals surface area (Å²) < 4.78 is 4.63. The number of carbonyl (C=O) groups is 3. The van der Waals surface area contributed by atoms with E-state index in [9.17, 15) is 14.4 Å². The lowest BCUT2D eigenvalue weighted by molar-refractivity contribution is -0.137. The highest BCUT2D eigenvalue weighted by atomic mass is 32.1. The molecule has 0 radical (unpaired) electrons. The fourth-order valence-electron chi connectivity index (χ4n) is 1.12. The molecule has 0 fully saturated rings. The number of esters is 1. The third-order valence-corrected chi connectivity index (χ3v) is 2.93. The summed E-state index contributed by atoms with van der Waals surface area (Å²) in [6, 6.07) is 3.18. The molecule has 1 aromatic heterocycles. The zero-order chi connectivity index (χ0) is 14.3. The van der Waals surface area contributed by atoms with Gasteiger partial charge in [-0.3, -0.25) is 9.59 Å². The van der Waals surface area contributed by atoms with Crippen molar-refractivity contribution in [3.8, 4) is 11.8 Å². The molecule has 0 atom stereocenters. The molecule has 1 amide bonds. The molecule has 1 aromatic rings. The summed E-state index contributed by atoms with van der Waals surface area (Å²) in [5.74, 6) is 3.86. The van der Waals surface area contributed by atoms with Gasteiger partial charge in [0, 0.05) is 6.92 Å². The van der Waals surface area contributed by atoms with E-state index in [-0.39, 0.29) is 19.1 Å². The van der Waals surface area contributed by atoms with Gasteiger partial charge in [-0.2, -0.15) is 0 Å². The SMILES string of the molecule is CCOC(=O)C(=O)c1ccc(C#CCNC(C)=O)s1. The van der Waals surface area contributed by atoms with E-state index in [2.05, 4.69) is 21.9 Å². The lowest BCUT2D eigenvalue weighted by atomic mass is 10.3. The van der Waals surface area contributed by atoms with Crippen LogP contribution in [-0.2, 0) is 14.3 Å². The molecule has 1 heterocycles. The van der Waals surface area contributed by atoms with Crippen molar-refractivity contribution in [2.75, 3.05) is 13.2 Å². The summed E-state index contributed by atoms with van der Waals surface area (Å²) in [5.41, 5.74) is 0. The first-order valence-electron chi connectivity index (χ1n) is 5.59. The van der Waals surface area contributed by atoms with Crippen LogP contribution in [0.3, 0.4) is 0 Å². The van der Waals surface area contributed by atoms with Crippen LogP contribution >= 0.6 is 11.3 Å². The van der Waals surface area contributed by atoms with Crippen molar-refractivity contribution in [2.24, 2.45) is 0 Å². The van der Waals surface area contributed by atoms with Crippen LogP contribution in [0, 0.1) is 11.8 Å². The van der Waals surface area contributed by atoms with Crippen LogP contribution in [0.5, 0.6) is 0 Å². The number of carbonyl (C=O) groups excluding carboxylic acids is 3. The molecule has 100 valence electrons. The normalized spacial score (nSPS) is 9.16. The fourth-order valence-corrected chi connectivity index (χ4v) is 1.93. The standard InChI is InChI=1S/C13H13NO4S/c1-3-18-13(17)12(16)11-7-6-10(19-11)5-4-8-14-9(2)15/h6-7H,3,8H2,1-2H3,(H,14,15). The van der Waals surface area contributed by atoms with Crippen molar-refractivity contribution in [3.63, 3.8) is 0 Å². The minimum atomic E-state index is -0.859. The molecule has 0 aliphatic carbocycles. The first-order chi connectivity index (χ1) is 9.04. The van der Waals surface area contributed by atoms with Crippen LogP contribution in [0.15, 0.2) is 12.1 Å². The maximum atomic E-state index is 11.6. The molecule has 1 N–H and O–H groups in total. The van der Waals surface area contributed by atoms with Crippen molar-refractivity contribution < 1.29 is 19.1 Å². The number of nitrogens with one attached hydrogen (secondary N) is 1. The highest BCUT2D eigenvalue weighted by Crippen LogP contribution is 2.16. The third kappa shape index (κ3) is 4.94. The fraction of sp³-hybridized carbons (Fsp3) is 0.308. The average molecular weight is 279 g/mol. The maximum Gasteiger partial charge on any atom is 0.380 e. The van der Waals surface area contributed by atoms with E-state index in [1.54, 1.807) is 13.0 Å². The monoisotopic (exact) mass is 279 g/mol. The van der Waals surface area contributed by atoms with E-state index in [1.807, 2.05) is 0 Å². The molecule has 0 aliphatic heterocycles. The van der Waals surface area contributed by atoms with Gasteiger partial charge in [0.2, 0.25) is 5.91 Å². The molecule has 6 heteroatoms. The molecular formula is C13H13NO4S. The quantitative estimate of drug-likeness (QED) is 0.386. The van der Waals surface area contributed by atoms with Gasteiger partial charge in [-0.1, -0.05) is 11.8 Å². The Morgan fingerprint density at radius 1 is 1.37 bits per heavy atom. The second kappa shape index (κ2) is 7.34. The summed E-state index contributed by atoms with van der Waals surface area (Å²) in [6.45, 7) is 3.45. The van der Waals surface area contributed by atoms with Gasteiger partial charge < -0.3 is 10.1 Å². The van der Waals surface area contributed by atoms with Crippen LogP contribution in [-0.4, -0.2) is 30.8 Å². The van der Waals surface area contributed by atoms with E-state index in [1.165, 1.54) is 13.0 Å². The first kappa shape index (κ1) is 14.9. The van der Waals surface area contributed by atoms with Crippen molar-refractivity contribution >= 4 is 29.0 Å². The summed E-state index contributed by atoms with van der Waals surface area (Å²) in [7, 11) is 0. The van der Waals surface area contributed by atoms with Crippen molar-refractivity contribution in [3.05, 3.63) is 21.9 Å². The summed E-state index contributed by atoms with van der Waals surface area (Å²) in [4.78, 5) is 34.4. The van der Waals surface area contributed by atoms with Gasteiger partial charge in [-0.25, -0.2) is 4.79 Å². The molecule has 0 aromatic carbocycles. The first-order valence-corrected chi connectivity index (χ1v) is 6.40. The molecule has 0 bridgehead atoms. The largest absolute Gasteiger partial charge is 0.460 e. The predicted molar refractivity (Wildman–Crippen MR) is 70.8 cm³/mol. The zero-order valence-corrected chi connectivity index (χ0v) is 11.4. The van der Waals surface area contributed by atoms with E-state index >= 15 is 0 Å². The van der Waals surface area contributed by atoms with Crippen LogP contribution < -0.4 is 5.32 Å². The number of amides is 1. The summed E-state index contributed by atoms with van der Waals surface area (Å²) in [6.07, 6.45) is 0. The molecule has 0 aliphatic rings. The third-order valence-electron chi connectivity index (χ3n) is 1.93. The Morgan fingerprint density at radius 3 is 2.74 bits per heavy atom. The van der Waals surface area contributed by atoms with Gasteiger partial charge in [-0.15, -0.1) is 11.3 Å². The second-order valence-corrected chi connectivity index (χ2v) is 4.51. The highest BCUT2D eigenvalue weighted by Gasteiger charge is 2.18. The minimum Gasteiger partial charge on any atom is -0.460 e. The summed E-state index contributed by atoms with van der Waals surface area (Å²) >= 11 is 1.12.